The monoisotopic (exact) mass is 409 g/mol. The predicted octanol–water partition coefficient (Wildman–Crippen LogP) is 5.02. The summed E-state index contributed by atoms with van der Waals surface area (Å²) in [4.78, 5) is 0.954. The SMILES string of the molecule is Cc1cccc(NS(=O)(=O)c2cn(-c3ccccc3)nc2-c2cccs2)c1C. The number of nitrogens with zero attached hydrogens (tertiary/aromatic N) is 2. The average Bonchev–Trinajstić information content (AvgIpc) is 3.36. The van der Waals surface area contributed by atoms with Crippen LogP contribution >= 0.6 is 11.3 Å². The van der Waals surface area contributed by atoms with Gasteiger partial charge in [0.05, 0.1) is 22.4 Å². The molecule has 0 aliphatic rings. The third-order valence-electron chi connectivity index (χ3n) is 4.59. The van der Waals surface area contributed by atoms with E-state index in [1.165, 1.54) is 11.3 Å². The number of benzene rings is 2. The highest BCUT2D eigenvalue weighted by Gasteiger charge is 2.25. The third kappa shape index (κ3) is 3.46. The van der Waals surface area contributed by atoms with Crippen LogP contribution in [-0.4, -0.2) is 18.2 Å². The van der Waals surface area contributed by atoms with E-state index in [1.54, 1.807) is 16.9 Å². The van der Waals surface area contributed by atoms with Crippen LogP contribution in [0.1, 0.15) is 11.1 Å². The van der Waals surface area contributed by atoms with Gasteiger partial charge in [0.2, 0.25) is 0 Å². The Morgan fingerprint density at radius 1 is 0.964 bits per heavy atom. The number of rotatable bonds is 5. The summed E-state index contributed by atoms with van der Waals surface area (Å²) in [5, 5.41) is 6.49. The van der Waals surface area contributed by atoms with Gasteiger partial charge in [-0.3, -0.25) is 4.72 Å². The molecule has 28 heavy (non-hydrogen) atoms. The molecular weight excluding hydrogens is 390 g/mol. The Kier molecular flexibility index (Phi) is 4.78. The first-order chi connectivity index (χ1) is 13.5. The molecular formula is C21H19N3O2S2. The fourth-order valence-corrected chi connectivity index (χ4v) is 4.97. The number of para-hydroxylation sites is 1. The minimum absolute atomic E-state index is 0.153. The normalized spacial score (nSPS) is 11.5. The molecule has 2 heterocycles. The van der Waals surface area contributed by atoms with Gasteiger partial charge < -0.3 is 0 Å². The van der Waals surface area contributed by atoms with E-state index in [2.05, 4.69) is 9.82 Å². The van der Waals surface area contributed by atoms with E-state index in [1.807, 2.05) is 73.8 Å². The van der Waals surface area contributed by atoms with E-state index >= 15 is 0 Å². The number of aromatic nitrogens is 2. The maximum Gasteiger partial charge on any atom is 0.265 e. The number of thiophene rings is 1. The second-order valence-corrected chi connectivity index (χ2v) is 9.05. The topological polar surface area (TPSA) is 64.0 Å². The Morgan fingerprint density at radius 3 is 2.46 bits per heavy atom. The van der Waals surface area contributed by atoms with Gasteiger partial charge in [0.25, 0.3) is 10.0 Å². The van der Waals surface area contributed by atoms with E-state index < -0.39 is 10.0 Å². The summed E-state index contributed by atoms with van der Waals surface area (Å²) >= 11 is 1.46. The van der Waals surface area contributed by atoms with Crippen LogP contribution in [0.15, 0.2) is 77.1 Å². The number of nitrogens with one attached hydrogen (secondary N) is 1. The van der Waals surface area contributed by atoms with E-state index in [9.17, 15) is 8.42 Å². The highest BCUT2D eigenvalue weighted by Crippen LogP contribution is 2.32. The Labute approximate surface area is 168 Å². The van der Waals surface area contributed by atoms with Gasteiger partial charge in [-0.15, -0.1) is 11.3 Å². The molecule has 0 fully saturated rings. The molecule has 7 heteroatoms. The van der Waals surface area contributed by atoms with Gasteiger partial charge in [-0.05, 0) is 54.6 Å². The van der Waals surface area contributed by atoms with Crippen molar-refractivity contribution in [2.24, 2.45) is 0 Å². The molecule has 0 bridgehead atoms. The number of anilines is 1. The van der Waals surface area contributed by atoms with Gasteiger partial charge >= 0.3 is 0 Å². The van der Waals surface area contributed by atoms with Crippen molar-refractivity contribution in [3.8, 4) is 16.3 Å². The van der Waals surface area contributed by atoms with Crippen molar-refractivity contribution in [2.45, 2.75) is 18.7 Å². The molecule has 0 unspecified atom stereocenters. The Hall–Kier alpha value is -2.90. The molecule has 2 aromatic heterocycles. The van der Waals surface area contributed by atoms with Crippen molar-refractivity contribution < 1.29 is 8.42 Å². The zero-order chi connectivity index (χ0) is 19.7. The van der Waals surface area contributed by atoms with Crippen LogP contribution in [0.25, 0.3) is 16.3 Å². The molecule has 0 saturated heterocycles. The maximum atomic E-state index is 13.3. The quantitative estimate of drug-likeness (QED) is 0.503. The molecule has 0 spiro atoms. The summed E-state index contributed by atoms with van der Waals surface area (Å²) in [7, 11) is -3.82. The molecule has 0 atom stereocenters. The summed E-state index contributed by atoms with van der Waals surface area (Å²) in [6.07, 6.45) is 1.57. The highest BCUT2D eigenvalue weighted by molar-refractivity contribution is 7.92. The fraction of sp³-hybridized carbons (Fsp3) is 0.0952. The van der Waals surface area contributed by atoms with Crippen LogP contribution in [0, 0.1) is 13.8 Å². The molecule has 0 aliphatic carbocycles. The van der Waals surface area contributed by atoms with Gasteiger partial charge in [-0.2, -0.15) is 5.10 Å². The molecule has 0 amide bonds. The summed E-state index contributed by atoms with van der Waals surface area (Å²) in [6, 6.07) is 18.8. The zero-order valence-electron chi connectivity index (χ0n) is 15.5. The van der Waals surface area contributed by atoms with E-state index in [4.69, 9.17) is 0 Å². The first-order valence-corrected chi connectivity index (χ1v) is 11.1. The van der Waals surface area contributed by atoms with Crippen molar-refractivity contribution in [3.05, 3.63) is 83.4 Å². The minimum atomic E-state index is -3.82. The van der Waals surface area contributed by atoms with Crippen molar-refractivity contribution in [1.29, 1.82) is 0 Å². The number of hydrogen-bond donors (Lipinski definition) is 1. The Balaban J connectivity index is 1.83. The van der Waals surface area contributed by atoms with Crippen molar-refractivity contribution in [3.63, 3.8) is 0 Å². The van der Waals surface area contributed by atoms with Crippen LogP contribution in [0.4, 0.5) is 5.69 Å². The molecule has 0 aliphatic heterocycles. The van der Waals surface area contributed by atoms with Gasteiger partial charge in [0.1, 0.15) is 10.6 Å². The lowest BCUT2D eigenvalue weighted by atomic mass is 10.1. The minimum Gasteiger partial charge on any atom is -0.279 e. The van der Waals surface area contributed by atoms with Crippen LogP contribution in [0.2, 0.25) is 0 Å². The lowest BCUT2D eigenvalue weighted by molar-refractivity contribution is 0.601. The van der Waals surface area contributed by atoms with Gasteiger partial charge in [0, 0.05) is 0 Å². The van der Waals surface area contributed by atoms with Crippen molar-refractivity contribution in [1.82, 2.24) is 9.78 Å². The highest BCUT2D eigenvalue weighted by atomic mass is 32.2. The number of sulfonamides is 1. The Bertz CT molecular complexity index is 1210. The number of aryl methyl sites for hydroxylation is 1. The first-order valence-electron chi connectivity index (χ1n) is 8.74. The molecule has 5 nitrogen and oxygen atoms in total. The summed E-state index contributed by atoms with van der Waals surface area (Å²) in [5.41, 5.74) is 3.74. The first kappa shape index (κ1) is 18.5. The van der Waals surface area contributed by atoms with Crippen molar-refractivity contribution in [2.75, 3.05) is 4.72 Å². The van der Waals surface area contributed by atoms with E-state index in [-0.39, 0.29) is 4.90 Å². The lowest BCUT2D eigenvalue weighted by Gasteiger charge is -2.11. The second-order valence-electron chi connectivity index (χ2n) is 6.45. The Morgan fingerprint density at radius 2 is 1.75 bits per heavy atom. The molecule has 0 radical (unpaired) electrons. The molecule has 4 rings (SSSR count). The smallest absolute Gasteiger partial charge is 0.265 e. The van der Waals surface area contributed by atoms with Crippen LogP contribution in [0.3, 0.4) is 0 Å². The fourth-order valence-electron chi connectivity index (χ4n) is 2.91. The molecule has 0 saturated carbocycles. The van der Waals surface area contributed by atoms with Crippen molar-refractivity contribution >= 4 is 27.0 Å². The summed E-state index contributed by atoms with van der Waals surface area (Å²) in [5.74, 6) is 0. The predicted molar refractivity (Wildman–Crippen MR) is 114 cm³/mol. The van der Waals surface area contributed by atoms with Crippen LogP contribution < -0.4 is 4.72 Å². The molecule has 2 aromatic carbocycles. The lowest BCUT2D eigenvalue weighted by Crippen LogP contribution is -2.14. The van der Waals surface area contributed by atoms with Gasteiger partial charge in [-0.1, -0.05) is 36.4 Å². The molecule has 142 valence electrons. The number of hydrogen-bond acceptors (Lipinski definition) is 4. The van der Waals surface area contributed by atoms with Gasteiger partial charge in [0.15, 0.2) is 0 Å². The van der Waals surface area contributed by atoms with Gasteiger partial charge in [-0.25, -0.2) is 13.1 Å². The standard InChI is InChI=1S/C21H19N3O2S2/c1-15-8-6-11-18(16(15)2)23-28(25,26)20-14-24(17-9-4-3-5-10-17)22-21(20)19-12-7-13-27-19/h3-14,23H,1-2H3. The molecule has 1 N–H and O–H groups in total. The maximum absolute atomic E-state index is 13.3. The molecule has 4 aromatic rings. The average molecular weight is 410 g/mol. The van der Waals surface area contributed by atoms with E-state index in [0.717, 1.165) is 21.7 Å². The third-order valence-corrected chi connectivity index (χ3v) is 6.84. The second kappa shape index (κ2) is 7.26. The summed E-state index contributed by atoms with van der Waals surface area (Å²) < 4.78 is 30.9. The zero-order valence-corrected chi connectivity index (χ0v) is 17.1. The summed E-state index contributed by atoms with van der Waals surface area (Å²) in [6.45, 7) is 3.86. The van der Waals surface area contributed by atoms with Crippen LogP contribution in [0.5, 0.6) is 0 Å². The van der Waals surface area contributed by atoms with E-state index in [0.29, 0.717) is 11.4 Å². The van der Waals surface area contributed by atoms with Crippen LogP contribution in [-0.2, 0) is 10.0 Å². The largest absolute Gasteiger partial charge is 0.279 e.